The number of aliphatic hydroxyl groups is 1. The van der Waals surface area contributed by atoms with Gasteiger partial charge in [0.2, 0.25) is 10.0 Å². The van der Waals surface area contributed by atoms with Crippen molar-refractivity contribution in [1.29, 1.82) is 0 Å². The molecule has 0 aliphatic heterocycles. The Morgan fingerprint density at radius 3 is 2.52 bits per heavy atom. The zero-order chi connectivity index (χ0) is 15.8. The van der Waals surface area contributed by atoms with Crippen LogP contribution in [0.1, 0.15) is 23.2 Å². The van der Waals surface area contributed by atoms with Gasteiger partial charge in [0.15, 0.2) is 0 Å². The highest BCUT2D eigenvalue weighted by Gasteiger charge is 2.32. The fourth-order valence-electron chi connectivity index (χ4n) is 2.40. The second-order valence-electron chi connectivity index (χ2n) is 5.33. The van der Waals surface area contributed by atoms with Crippen molar-refractivity contribution < 1.29 is 23.4 Å². The lowest BCUT2D eigenvalue weighted by Gasteiger charge is -2.34. The van der Waals surface area contributed by atoms with Crippen molar-refractivity contribution in [1.82, 2.24) is 4.31 Å². The van der Waals surface area contributed by atoms with E-state index in [-0.39, 0.29) is 28.2 Å². The Bertz CT molecular complexity index is 653. The summed E-state index contributed by atoms with van der Waals surface area (Å²) < 4.78 is 26.0. The van der Waals surface area contributed by atoms with Crippen LogP contribution in [0, 0.1) is 5.92 Å². The molecule has 0 atom stereocenters. The Morgan fingerprint density at radius 1 is 1.43 bits per heavy atom. The Kier molecular flexibility index (Phi) is 4.22. The van der Waals surface area contributed by atoms with E-state index in [1.165, 1.54) is 23.5 Å². The topological polar surface area (TPSA) is 121 Å². The monoisotopic (exact) mass is 314 g/mol. The molecule has 2 rings (SSSR count). The van der Waals surface area contributed by atoms with Gasteiger partial charge in [0.1, 0.15) is 4.90 Å². The Hall–Kier alpha value is -1.64. The molecule has 116 valence electrons. The summed E-state index contributed by atoms with van der Waals surface area (Å²) in [5.74, 6) is -1.03. The summed E-state index contributed by atoms with van der Waals surface area (Å²) >= 11 is 0. The first-order chi connectivity index (χ1) is 9.71. The lowest BCUT2D eigenvalue weighted by Crippen LogP contribution is -2.39. The van der Waals surface area contributed by atoms with Gasteiger partial charge in [-0.15, -0.1) is 0 Å². The van der Waals surface area contributed by atoms with E-state index in [9.17, 15) is 18.3 Å². The average Bonchev–Trinajstić information content (AvgIpc) is 2.36. The molecule has 0 bridgehead atoms. The first-order valence-electron chi connectivity index (χ1n) is 6.49. The number of sulfonamides is 1. The maximum Gasteiger partial charge on any atom is 0.335 e. The quantitative estimate of drug-likeness (QED) is 0.675. The largest absolute Gasteiger partial charge is 0.478 e. The van der Waals surface area contributed by atoms with E-state index in [1.54, 1.807) is 0 Å². The van der Waals surface area contributed by atoms with Crippen molar-refractivity contribution in [2.45, 2.75) is 23.8 Å². The van der Waals surface area contributed by atoms with E-state index >= 15 is 0 Å². The third-order valence-electron chi connectivity index (χ3n) is 3.67. The summed E-state index contributed by atoms with van der Waals surface area (Å²) in [6, 6.07) is 3.56. The predicted octanol–water partition coefficient (Wildman–Crippen LogP) is 0.358. The SMILES string of the molecule is CN(CC1CC(O)C1)S(=O)(=O)c1ccc(C(=O)O)cc1N. The van der Waals surface area contributed by atoms with Crippen LogP contribution >= 0.6 is 0 Å². The molecule has 8 heteroatoms. The molecule has 1 aromatic rings. The minimum atomic E-state index is -3.77. The number of hydrogen-bond donors (Lipinski definition) is 3. The van der Waals surface area contributed by atoms with Gasteiger partial charge in [-0.25, -0.2) is 17.5 Å². The van der Waals surface area contributed by atoms with Crippen LogP contribution in [-0.2, 0) is 10.0 Å². The van der Waals surface area contributed by atoms with Crippen LogP contribution in [0.25, 0.3) is 0 Å². The molecule has 0 amide bonds. The molecule has 0 heterocycles. The lowest BCUT2D eigenvalue weighted by molar-refractivity contribution is 0.0367. The first kappa shape index (κ1) is 15.7. The molecule has 0 unspecified atom stereocenters. The van der Waals surface area contributed by atoms with E-state index in [4.69, 9.17) is 10.8 Å². The zero-order valence-electron chi connectivity index (χ0n) is 11.6. The number of nitrogen functional groups attached to an aromatic ring is 1. The van der Waals surface area contributed by atoms with Crippen molar-refractivity contribution in [3.8, 4) is 0 Å². The highest BCUT2D eigenvalue weighted by Crippen LogP contribution is 2.30. The van der Waals surface area contributed by atoms with Crippen LogP contribution in [0.5, 0.6) is 0 Å². The first-order valence-corrected chi connectivity index (χ1v) is 7.93. The Labute approximate surface area is 123 Å². The van der Waals surface area contributed by atoms with Crippen LogP contribution in [-0.4, -0.2) is 48.6 Å². The molecule has 0 spiro atoms. The van der Waals surface area contributed by atoms with Gasteiger partial charge in [0.25, 0.3) is 0 Å². The van der Waals surface area contributed by atoms with Crippen molar-refractivity contribution in [3.05, 3.63) is 23.8 Å². The molecule has 0 saturated heterocycles. The second-order valence-corrected chi connectivity index (χ2v) is 7.35. The van der Waals surface area contributed by atoms with Gasteiger partial charge in [-0.2, -0.15) is 0 Å². The summed E-state index contributed by atoms with van der Waals surface area (Å²) in [6.45, 7) is 0.305. The molecule has 1 fully saturated rings. The molecular weight excluding hydrogens is 296 g/mol. The molecule has 7 nitrogen and oxygen atoms in total. The van der Waals surface area contributed by atoms with Crippen molar-refractivity contribution in [2.75, 3.05) is 19.3 Å². The number of aromatic carboxylic acids is 1. The number of carboxylic acid groups (broad SMARTS) is 1. The van der Waals surface area contributed by atoms with E-state index in [0.29, 0.717) is 19.4 Å². The van der Waals surface area contributed by atoms with Gasteiger partial charge < -0.3 is 15.9 Å². The molecule has 1 aliphatic carbocycles. The summed E-state index contributed by atoms with van der Waals surface area (Å²) in [7, 11) is -2.32. The Morgan fingerprint density at radius 2 is 2.05 bits per heavy atom. The summed E-state index contributed by atoms with van der Waals surface area (Å²) in [5, 5.41) is 18.1. The lowest BCUT2D eigenvalue weighted by atomic mass is 9.82. The van der Waals surface area contributed by atoms with Crippen LogP contribution in [0.15, 0.2) is 23.1 Å². The predicted molar refractivity (Wildman–Crippen MR) is 76.4 cm³/mol. The fourth-order valence-corrected chi connectivity index (χ4v) is 3.74. The van der Waals surface area contributed by atoms with Gasteiger partial charge in [0.05, 0.1) is 17.4 Å². The van der Waals surface area contributed by atoms with Gasteiger partial charge in [0, 0.05) is 13.6 Å². The third kappa shape index (κ3) is 3.17. The number of anilines is 1. The average molecular weight is 314 g/mol. The standard InChI is InChI=1S/C13H18N2O5S/c1-15(7-8-4-10(16)5-8)21(19,20)12-3-2-9(13(17)18)6-11(12)14/h2-3,6,8,10,16H,4-5,7,14H2,1H3,(H,17,18). The number of nitrogens with two attached hydrogens (primary N) is 1. The van der Waals surface area contributed by atoms with Crippen LogP contribution in [0.3, 0.4) is 0 Å². The smallest absolute Gasteiger partial charge is 0.335 e. The van der Waals surface area contributed by atoms with Gasteiger partial charge >= 0.3 is 5.97 Å². The Balaban J connectivity index is 2.20. The van der Waals surface area contributed by atoms with Gasteiger partial charge in [-0.3, -0.25) is 0 Å². The molecular formula is C13H18N2O5S. The van der Waals surface area contributed by atoms with Crippen LogP contribution < -0.4 is 5.73 Å². The highest BCUT2D eigenvalue weighted by atomic mass is 32.2. The summed E-state index contributed by atoms with van der Waals surface area (Å²) in [6.07, 6.45) is 0.839. The maximum absolute atomic E-state index is 12.4. The second kappa shape index (κ2) is 5.63. The minimum absolute atomic E-state index is 0.0591. The number of rotatable bonds is 5. The zero-order valence-corrected chi connectivity index (χ0v) is 12.4. The number of carbonyl (C=O) groups is 1. The number of hydrogen-bond acceptors (Lipinski definition) is 5. The van der Waals surface area contributed by atoms with E-state index in [0.717, 1.165) is 6.07 Å². The molecule has 0 aromatic heterocycles. The molecule has 1 aliphatic rings. The summed E-state index contributed by atoms with van der Waals surface area (Å²) in [5.41, 5.74) is 5.53. The highest BCUT2D eigenvalue weighted by molar-refractivity contribution is 7.89. The van der Waals surface area contributed by atoms with Gasteiger partial charge in [-0.05, 0) is 37.0 Å². The van der Waals surface area contributed by atoms with Crippen molar-refractivity contribution in [3.63, 3.8) is 0 Å². The molecule has 1 saturated carbocycles. The van der Waals surface area contributed by atoms with Crippen molar-refractivity contribution >= 4 is 21.7 Å². The molecule has 0 radical (unpaired) electrons. The van der Waals surface area contributed by atoms with E-state index in [1.807, 2.05) is 0 Å². The maximum atomic E-state index is 12.4. The number of benzene rings is 1. The minimum Gasteiger partial charge on any atom is -0.478 e. The number of aliphatic hydroxyl groups excluding tert-OH is 1. The fraction of sp³-hybridized carbons (Fsp3) is 0.462. The molecule has 1 aromatic carbocycles. The van der Waals surface area contributed by atoms with E-state index < -0.39 is 16.0 Å². The molecule has 4 N–H and O–H groups in total. The third-order valence-corrected chi connectivity index (χ3v) is 5.57. The van der Waals surface area contributed by atoms with Crippen LogP contribution in [0.2, 0.25) is 0 Å². The van der Waals surface area contributed by atoms with E-state index in [2.05, 4.69) is 0 Å². The van der Waals surface area contributed by atoms with Crippen molar-refractivity contribution in [2.24, 2.45) is 5.92 Å². The van der Waals surface area contributed by atoms with Gasteiger partial charge in [-0.1, -0.05) is 0 Å². The number of nitrogens with zero attached hydrogens (tertiary/aromatic N) is 1. The van der Waals surface area contributed by atoms with Crippen LogP contribution in [0.4, 0.5) is 5.69 Å². The molecule has 21 heavy (non-hydrogen) atoms. The summed E-state index contributed by atoms with van der Waals surface area (Å²) in [4.78, 5) is 10.7. The number of carboxylic acids is 1. The normalized spacial score (nSPS) is 22.0.